The molecule has 1 aromatic rings. The Balaban J connectivity index is 1.90. The van der Waals surface area contributed by atoms with Crippen molar-refractivity contribution in [2.45, 2.75) is 37.0 Å². The van der Waals surface area contributed by atoms with Gasteiger partial charge in [-0.05, 0) is 24.8 Å². The van der Waals surface area contributed by atoms with Gasteiger partial charge in [0, 0.05) is 6.07 Å². The molecular weight excluding hydrogens is 252 g/mol. The van der Waals surface area contributed by atoms with Gasteiger partial charge < -0.3 is 4.74 Å². The Morgan fingerprint density at radius 3 is 2.56 bits per heavy atom. The van der Waals surface area contributed by atoms with E-state index >= 15 is 0 Å². The zero-order valence-electron chi connectivity index (χ0n) is 10.2. The van der Waals surface area contributed by atoms with E-state index in [9.17, 15) is 8.42 Å². The fourth-order valence-electron chi connectivity index (χ4n) is 2.18. The summed E-state index contributed by atoms with van der Waals surface area (Å²) >= 11 is 0. The molecule has 100 valence electrons. The maximum absolute atomic E-state index is 11.0. The number of primary sulfonamides is 1. The van der Waals surface area contributed by atoms with E-state index in [-0.39, 0.29) is 4.90 Å². The SMILES string of the molecule is NS(=O)(=O)c1ccc(OCC2CCCCC2)nc1. The zero-order chi connectivity index (χ0) is 13.0. The summed E-state index contributed by atoms with van der Waals surface area (Å²) in [6, 6.07) is 2.96. The Morgan fingerprint density at radius 2 is 2.00 bits per heavy atom. The number of hydrogen-bond acceptors (Lipinski definition) is 4. The van der Waals surface area contributed by atoms with Gasteiger partial charge in [-0.2, -0.15) is 0 Å². The molecule has 2 N–H and O–H groups in total. The predicted molar refractivity (Wildman–Crippen MR) is 67.7 cm³/mol. The molecule has 1 fully saturated rings. The zero-order valence-corrected chi connectivity index (χ0v) is 11.0. The van der Waals surface area contributed by atoms with Crippen LogP contribution in [-0.4, -0.2) is 20.0 Å². The third kappa shape index (κ3) is 3.68. The van der Waals surface area contributed by atoms with Crippen LogP contribution in [0.25, 0.3) is 0 Å². The van der Waals surface area contributed by atoms with Crippen molar-refractivity contribution in [3.8, 4) is 5.88 Å². The molecule has 0 aliphatic heterocycles. The number of rotatable bonds is 4. The van der Waals surface area contributed by atoms with Gasteiger partial charge >= 0.3 is 0 Å². The van der Waals surface area contributed by atoms with Crippen LogP contribution in [0.5, 0.6) is 5.88 Å². The average Bonchev–Trinajstić information content (AvgIpc) is 2.37. The van der Waals surface area contributed by atoms with Crippen molar-refractivity contribution < 1.29 is 13.2 Å². The highest BCUT2D eigenvalue weighted by atomic mass is 32.2. The third-order valence-electron chi connectivity index (χ3n) is 3.23. The quantitative estimate of drug-likeness (QED) is 0.902. The Kier molecular flexibility index (Phi) is 4.19. The van der Waals surface area contributed by atoms with Crippen LogP contribution in [0.4, 0.5) is 0 Å². The second-order valence-electron chi connectivity index (χ2n) is 4.69. The lowest BCUT2D eigenvalue weighted by atomic mass is 9.90. The first kappa shape index (κ1) is 13.3. The van der Waals surface area contributed by atoms with Crippen LogP contribution in [0.3, 0.4) is 0 Å². The highest BCUT2D eigenvalue weighted by Crippen LogP contribution is 2.24. The molecule has 1 aliphatic carbocycles. The predicted octanol–water partition coefficient (Wildman–Crippen LogP) is 1.69. The number of hydrogen-bond donors (Lipinski definition) is 1. The molecule has 18 heavy (non-hydrogen) atoms. The minimum atomic E-state index is -3.67. The Hall–Kier alpha value is -1.14. The largest absolute Gasteiger partial charge is 0.477 e. The molecule has 5 nitrogen and oxygen atoms in total. The van der Waals surface area contributed by atoms with Crippen molar-refractivity contribution in [1.82, 2.24) is 4.98 Å². The Morgan fingerprint density at radius 1 is 1.28 bits per heavy atom. The van der Waals surface area contributed by atoms with Gasteiger partial charge in [-0.25, -0.2) is 18.5 Å². The number of aromatic nitrogens is 1. The smallest absolute Gasteiger partial charge is 0.239 e. The van der Waals surface area contributed by atoms with E-state index in [0.717, 1.165) is 0 Å². The van der Waals surface area contributed by atoms with Crippen LogP contribution in [0.1, 0.15) is 32.1 Å². The summed E-state index contributed by atoms with van der Waals surface area (Å²) in [5, 5.41) is 4.99. The summed E-state index contributed by atoms with van der Waals surface area (Å²) < 4.78 is 27.7. The summed E-state index contributed by atoms with van der Waals surface area (Å²) in [6.45, 7) is 0.654. The van der Waals surface area contributed by atoms with Crippen LogP contribution >= 0.6 is 0 Å². The molecule has 6 heteroatoms. The molecule has 0 atom stereocenters. The summed E-state index contributed by atoms with van der Waals surface area (Å²) in [4.78, 5) is 3.96. The first-order valence-electron chi connectivity index (χ1n) is 6.17. The Labute approximate surface area is 107 Å². The van der Waals surface area contributed by atoms with Crippen LogP contribution in [-0.2, 0) is 10.0 Å². The van der Waals surface area contributed by atoms with E-state index in [0.29, 0.717) is 18.4 Å². The number of nitrogens with two attached hydrogens (primary N) is 1. The summed E-state index contributed by atoms with van der Waals surface area (Å²) in [6.07, 6.45) is 7.49. The van der Waals surface area contributed by atoms with Crippen molar-refractivity contribution in [2.75, 3.05) is 6.61 Å². The topological polar surface area (TPSA) is 82.3 Å². The van der Waals surface area contributed by atoms with Gasteiger partial charge in [0.25, 0.3) is 0 Å². The normalized spacial score (nSPS) is 17.6. The second-order valence-corrected chi connectivity index (χ2v) is 6.25. The minimum Gasteiger partial charge on any atom is -0.477 e. The standard InChI is InChI=1S/C12H18N2O3S/c13-18(15,16)11-6-7-12(14-8-11)17-9-10-4-2-1-3-5-10/h6-8,10H,1-5,9H2,(H2,13,15,16). The van der Waals surface area contributed by atoms with Crippen LogP contribution in [0.15, 0.2) is 23.2 Å². The van der Waals surface area contributed by atoms with E-state index in [1.807, 2.05) is 0 Å². The van der Waals surface area contributed by atoms with E-state index in [2.05, 4.69) is 4.98 Å². The van der Waals surface area contributed by atoms with E-state index in [1.165, 1.54) is 44.4 Å². The van der Waals surface area contributed by atoms with Gasteiger partial charge in [0.1, 0.15) is 4.90 Å². The van der Waals surface area contributed by atoms with E-state index in [1.54, 1.807) is 6.07 Å². The monoisotopic (exact) mass is 270 g/mol. The Bertz CT molecular complexity index is 479. The minimum absolute atomic E-state index is 0.00696. The molecule has 0 radical (unpaired) electrons. The molecule has 0 amide bonds. The molecule has 1 heterocycles. The van der Waals surface area contributed by atoms with Crippen molar-refractivity contribution in [2.24, 2.45) is 11.1 Å². The maximum Gasteiger partial charge on any atom is 0.239 e. The van der Waals surface area contributed by atoms with Gasteiger partial charge in [-0.1, -0.05) is 19.3 Å². The lowest BCUT2D eigenvalue weighted by molar-refractivity contribution is 0.202. The summed E-state index contributed by atoms with van der Waals surface area (Å²) in [5.41, 5.74) is 0. The van der Waals surface area contributed by atoms with Crippen LogP contribution in [0.2, 0.25) is 0 Å². The van der Waals surface area contributed by atoms with E-state index < -0.39 is 10.0 Å². The van der Waals surface area contributed by atoms with Gasteiger partial charge in [0.05, 0.1) is 12.8 Å². The maximum atomic E-state index is 11.0. The molecule has 0 bridgehead atoms. The molecule has 2 rings (SSSR count). The number of sulfonamides is 1. The molecule has 0 unspecified atom stereocenters. The molecule has 0 aromatic carbocycles. The van der Waals surface area contributed by atoms with E-state index in [4.69, 9.17) is 9.88 Å². The van der Waals surface area contributed by atoms with Crippen LogP contribution in [0, 0.1) is 5.92 Å². The molecule has 1 aliphatic rings. The fraction of sp³-hybridized carbons (Fsp3) is 0.583. The first-order valence-corrected chi connectivity index (χ1v) is 7.72. The fourth-order valence-corrected chi connectivity index (χ4v) is 2.63. The van der Waals surface area contributed by atoms with Crippen LogP contribution < -0.4 is 9.88 Å². The molecule has 1 saturated carbocycles. The lowest BCUT2D eigenvalue weighted by Gasteiger charge is -2.21. The molecule has 1 aromatic heterocycles. The highest BCUT2D eigenvalue weighted by Gasteiger charge is 2.14. The van der Waals surface area contributed by atoms with Crippen molar-refractivity contribution >= 4 is 10.0 Å². The summed E-state index contributed by atoms with van der Waals surface area (Å²) in [5.74, 6) is 1.05. The van der Waals surface area contributed by atoms with Gasteiger partial charge in [0.15, 0.2) is 0 Å². The van der Waals surface area contributed by atoms with Gasteiger partial charge in [-0.15, -0.1) is 0 Å². The van der Waals surface area contributed by atoms with Gasteiger partial charge in [0.2, 0.25) is 15.9 Å². The van der Waals surface area contributed by atoms with Crippen molar-refractivity contribution in [3.63, 3.8) is 0 Å². The third-order valence-corrected chi connectivity index (χ3v) is 4.13. The van der Waals surface area contributed by atoms with Crippen molar-refractivity contribution in [3.05, 3.63) is 18.3 Å². The molecule has 0 saturated heterocycles. The number of ether oxygens (including phenoxy) is 1. The first-order chi connectivity index (χ1) is 8.55. The van der Waals surface area contributed by atoms with Crippen molar-refractivity contribution in [1.29, 1.82) is 0 Å². The second kappa shape index (κ2) is 5.67. The molecule has 0 spiro atoms. The van der Waals surface area contributed by atoms with Gasteiger partial charge in [-0.3, -0.25) is 0 Å². The lowest BCUT2D eigenvalue weighted by Crippen LogP contribution is -2.16. The average molecular weight is 270 g/mol. The summed E-state index contributed by atoms with van der Waals surface area (Å²) in [7, 11) is -3.67. The molecular formula is C12H18N2O3S. The highest BCUT2D eigenvalue weighted by molar-refractivity contribution is 7.89. The number of pyridine rings is 1. The number of nitrogens with zero attached hydrogens (tertiary/aromatic N) is 1.